The molecule has 5 nitrogen and oxygen atoms in total. The highest BCUT2D eigenvalue weighted by atomic mass is 19.1. The smallest absolute Gasteiger partial charge is 0.340 e. The molecule has 1 aromatic heterocycles. The van der Waals surface area contributed by atoms with E-state index in [1.165, 1.54) is 19.2 Å². The maximum Gasteiger partial charge on any atom is 0.340 e. The molecule has 0 saturated heterocycles. The number of aliphatic hydroxyl groups is 1. The van der Waals surface area contributed by atoms with Gasteiger partial charge in [-0.05, 0) is 30.5 Å². The Bertz CT molecular complexity index is 757. The van der Waals surface area contributed by atoms with Crippen molar-refractivity contribution in [3.05, 3.63) is 46.9 Å². The molecule has 25 heavy (non-hydrogen) atoms. The number of hydrogen-bond acceptors (Lipinski definition) is 5. The van der Waals surface area contributed by atoms with Gasteiger partial charge in [0.05, 0.1) is 31.6 Å². The zero-order chi connectivity index (χ0) is 18.6. The van der Waals surface area contributed by atoms with E-state index in [9.17, 15) is 14.3 Å². The average molecular weight is 347 g/mol. The number of pyridine rings is 1. The van der Waals surface area contributed by atoms with Crippen LogP contribution in [0.3, 0.4) is 0 Å². The molecule has 0 spiro atoms. The first-order valence-corrected chi connectivity index (χ1v) is 8.09. The zero-order valence-corrected chi connectivity index (χ0v) is 14.8. The summed E-state index contributed by atoms with van der Waals surface area (Å²) in [5.74, 6) is -0.772. The molecule has 0 fully saturated rings. The molecule has 2 aromatic rings. The number of aromatic nitrogens is 1. The van der Waals surface area contributed by atoms with Gasteiger partial charge in [0.2, 0.25) is 5.88 Å². The van der Waals surface area contributed by atoms with Gasteiger partial charge in [-0.1, -0.05) is 26.0 Å². The minimum absolute atomic E-state index is 0.0831. The second-order valence-electron chi connectivity index (χ2n) is 5.78. The Balaban J connectivity index is 2.89. The second kappa shape index (κ2) is 8.07. The summed E-state index contributed by atoms with van der Waals surface area (Å²) < 4.78 is 23.9. The largest absolute Gasteiger partial charge is 0.481 e. The molecule has 2 rings (SSSR count). The number of nitrogens with zero attached hydrogens (tertiary/aromatic N) is 1. The number of ether oxygens (including phenoxy) is 2. The molecule has 0 aliphatic carbocycles. The van der Waals surface area contributed by atoms with Crippen LogP contribution in [-0.4, -0.2) is 29.8 Å². The molecule has 1 N–H and O–H groups in total. The lowest BCUT2D eigenvalue weighted by Crippen LogP contribution is -2.16. The third-order valence-electron chi connectivity index (χ3n) is 3.80. The number of carbonyl (C=O) groups is 1. The Morgan fingerprint density at radius 2 is 1.92 bits per heavy atom. The van der Waals surface area contributed by atoms with E-state index in [0.29, 0.717) is 22.4 Å². The summed E-state index contributed by atoms with van der Waals surface area (Å²) in [5.41, 5.74) is 2.18. The highest BCUT2D eigenvalue weighted by Crippen LogP contribution is 2.37. The summed E-state index contributed by atoms with van der Waals surface area (Å²) in [6.45, 7) is 5.34. The van der Waals surface area contributed by atoms with E-state index in [4.69, 9.17) is 9.47 Å². The molecule has 0 aliphatic heterocycles. The molecular weight excluding hydrogens is 325 g/mol. The van der Waals surface area contributed by atoms with E-state index in [-0.39, 0.29) is 30.6 Å². The van der Waals surface area contributed by atoms with E-state index in [0.717, 1.165) is 0 Å². The number of aliphatic hydroxyl groups excluding tert-OH is 1. The van der Waals surface area contributed by atoms with Crippen molar-refractivity contribution in [2.24, 2.45) is 0 Å². The van der Waals surface area contributed by atoms with Crippen molar-refractivity contribution in [1.29, 1.82) is 0 Å². The van der Waals surface area contributed by atoms with Crippen molar-refractivity contribution in [3.8, 4) is 17.0 Å². The van der Waals surface area contributed by atoms with E-state index in [2.05, 4.69) is 4.98 Å². The Labute approximate surface area is 146 Å². The number of esters is 1. The molecule has 0 atom stereocenters. The van der Waals surface area contributed by atoms with Crippen molar-refractivity contribution >= 4 is 5.97 Å². The number of benzene rings is 1. The normalized spacial score (nSPS) is 10.8. The van der Waals surface area contributed by atoms with Crippen LogP contribution in [-0.2, 0) is 11.3 Å². The van der Waals surface area contributed by atoms with Crippen LogP contribution in [0.5, 0.6) is 5.88 Å². The van der Waals surface area contributed by atoms with Gasteiger partial charge in [0.25, 0.3) is 0 Å². The Morgan fingerprint density at radius 3 is 2.40 bits per heavy atom. The van der Waals surface area contributed by atoms with Gasteiger partial charge >= 0.3 is 5.97 Å². The molecule has 0 unspecified atom stereocenters. The molecular formula is C19H22FNO4. The van der Waals surface area contributed by atoms with Gasteiger partial charge in [-0.25, -0.2) is 14.2 Å². The summed E-state index contributed by atoms with van der Waals surface area (Å²) in [5, 5.41) is 9.87. The molecule has 0 bridgehead atoms. The Kier molecular flexibility index (Phi) is 6.09. The summed E-state index contributed by atoms with van der Waals surface area (Å²) in [4.78, 5) is 17.1. The predicted octanol–water partition coefficient (Wildman–Crippen LogP) is 3.69. The molecule has 6 heteroatoms. The minimum Gasteiger partial charge on any atom is -0.481 e. The zero-order valence-electron chi connectivity index (χ0n) is 14.8. The summed E-state index contributed by atoms with van der Waals surface area (Å²) >= 11 is 0. The van der Waals surface area contributed by atoms with Crippen molar-refractivity contribution in [2.45, 2.75) is 33.3 Å². The first-order valence-electron chi connectivity index (χ1n) is 8.09. The van der Waals surface area contributed by atoms with E-state index < -0.39 is 11.8 Å². The van der Waals surface area contributed by atoms with E-state index in [1.54, 1.807) is 19.1 Å². The van der Waals surface area contributed by atoms with E-state index in [1.807, 2.05) is 13.8 Å². The van der Waals surface area contributed by atoms with Gasteiger partial charge in [-0.3, -0.25) is 0 Å². The van der Waals surface area contributed by atoms with Crippen molar-refractivity contribution in [1.82, 2.24) is 4.98 Å². The monoisotopic (exact) mass is 347 g/mol. The average Bonchev–Trinajstić information content (AvgIpc) is 2.60. The molecule has 0 radical (unpaired) electrons. The third kappa shape index (κ3) is 3.79. The fourth-order valence-electron chi connectivity index (χ4n) is 2.70. The van der Waals surface area contributed by atoms with Crippen molar-refractivity contribution in [2.75, 3.05) is 13.7 Å². The van der Waals surface area contributed by atoms with Crippen LogP contribution < -0.4 is 4.74 Å². The van der Waals surface area contributed by atoms with Gasteiger partial charge in [0, 0.05) is 11.1 Å². The topological polar surface area (TPSA) is 68.7 Å². The number of hydrogen-bond donors (Lipinski definition) is 1. The number of rotatable bonds is 6. The van der Waals surface area contributed by atoms with E-state index >= 15 is 0 Å². The quantitative estimate of drug-likeness (QED) is 0.807. The molecule has 1 aromatic carbocycles. The first kappa shape index (κ1) is 18.9. The maximum atomic E-state index is 13.3. The maximum absolute atomic E-state index is 13.3. The lowest BCUT2D eigenvalue weighted by Gasteiger charge is -2.20. The summed E-state index contributed by atoms with van der Waals surface area (Å²) in [7, 11) is 1.45. The van der Waals surface area contributed by atoms with Gasteiger partial charge in [-0.15, -0.1) is 0 Å². The molecule has 0 aliphatic rings. The standard InChI is InChI=1S/C19H22FNO4/c1-5-25-19(23)16-15(12-6-8-13(20)9-7-12)14(10-22)18(24-4)21-17(16)11(2)3/h6-9,11,22H,5,10H2,1-4H3. The van der Waals surface area contributed by atoms with Crippen LogP contribution >= 0.6 is 0 Å². The fourth-order valence-corrected chi connectivity index (χ4v) is 2.70. The molecule has 1 heterocycles. The van der Waals surface area contributed by atoms with Crippen molar-refractivity contribution < 1.29 is 23.8 Å². The predicted molar refractivity (Wildman–Crippen MR) is 92.2 cm³/mol. The van der Waals surface area contributed by atoms with Crippen LogP contribution in [0.25, 0.3) is 11.1 Å². The number of methoxy groups -OCH3 is 1. The highest BCUT2D eigenvalue weighted by Gasteiger charge is 2.27. The number of halogens is 1. The first-order chi connectivity index (χ1) is 11.9. The summed E-state index contributed by atoms with van der Waals surface area (Å²) in [6.07, 6.45) is 0. The summed E-state index contributed by atoms with van der Waals surface area (Å²) in [6, 6.07) is 5.70. The lowest BCUT2D eigenvalue weighted by molar-refractivity contribution is 0.0524. The molecule has 0 saturated carbocycles. The Hall–Kier alpha value is -2.47. The van der Waals surface area contributed by atoms with Crippen LogP contribution in [0.1, 0.15) is 48.3 Å². The third-order valence-corrected chi connectivity index (χ3v) is 3.80. The second-order valence-corrected chi connectivity index (χ2v) is 5.78. The van der Waals surface area contributed by atoms with Gasteiger partial charge in [0.15, 0.2) is 0 Å². The minimum atomic E-state index is -0.532. The van der Waals surface area contributed by atoms with Crippen LogP contribution in [0.15, 0.2) is 24.3 Å². The van der Waals surface area contributed by atoms with Crippen molar-refractivity contribution in [3.63, 3.8) is 0 Å². The highest BCUT2D eigenvalue weighted by molar-refractivity contribution is 6.00. The molecule has 134 valence electrons. The lowest BCUT2D eigenvalue weighted by atomic mass is 9.91. The SMILES string of the molecule is CCOC(=O)c1c(C(C)C)nc(OC)c(CO)c1-c1ccc(F)cc1. The molecule has 0 amide bonds. The Morgan fingerprint density at radius 1 is 1.28 bits per heavy atom. The number of carbonyl (C=O) groups excluding carboxylic acids is 1. The van der Waals surface area contributed by atoms with Crippen LogP contribution in [0.2, 0.25) is 0 Å². The fraction of sp³-hybridized carbons (Fsp3) is 0.368. The van der Waals surface area contributed by atoms with Gasteiger partial charge < -0.3 is 14.6 Å². The van der Waals surface area contributed by atoms with Gasteiger partial charge in [-0.2, -0.15) is 0 Å². The van der Waals surface area contributed by atoms with Gasteiger partial charge in [0.1, 0.15) is 5.82 Å². The van der Waals surface area contributed by atoms with Crippen LogP contribution in [0.4, 0.5) is 4.39 Å². The van der Waals surface area contributed by atoms with Crippen LogP contribution in [0, 0.1) is 5.82 Å².